The van der Waals surface area contributed by atoms with Crippen molar-refractivity contribution in [3.63, 3.8) is 0 Å². The normalized spacial score (nSPS) is 18.9. The van der Waals surface area contributed by atoms with Crippen LogP contribution >= 0.6 is 0 Å². The maximum atomic E-state index is 13.6. The highest BCUT2D eigenvalue weighted by molar-refractivity contribution is 5.97. The van der Waals surface area contributed by atoms with Crippen molar-refractivity contribution in [2.45, 2.75) is 78.2 Å². The summed E-state index contributed by atoms with van der Waals surface area (Å²) in [6, 6.07) is 14.5. The van der Waals surface area contributed by atoms with Crippen molar-refractivity contribution in [1.82, 2.24) is 10.2 Å². The summed E-state index contributed by atoms with van der Waals surface area (Å²) in [6.45, 7) is 9.97. The number of likely N-dealkylation sites (tertiary alicyclic amines) is 1. The molecule has 2 aromatic carbocycles. The van der Waals surface area contributed by atoms with Gasteiger partial charge < -0.3 is 14.8 Å². The van der Waals surface area contributed by atoms with E-state index >= 15 is 0 Å². The van der Waals surface area contributed by atoms with E-state index in [0.717, 1.165) is 53.5 Å². The number of ether oxygens (including phenoxy) is 2. The number of hydrogen-bond acceptors (Lipinski definition) is 4. The first-order valence-electron chi connectivity index (χ1n) is 14.7. The third kappa shape index (κ3) is 7.63. The first-order valence-corrected chi connectivity index (χ1v) is 14.7. The van der Waals surface area contributed by atoms with Gasteiger partial charge in [0.2, 0.25) is 0 Å². The van der Waals surface area contributed by atoms with Gasteiger partial charge in [0.25, 0.3) is 5.91 Å². The van der Waals surface area contributed by atoms with Gasteiger partial charge in [0, 0.05) is 30.3 Å². The van der Waals surface area contributed by atoms with Crippen LogP contribution in [0.2, 0.25) is 0 Å². The maximum absolute atomic E-state index is 13.6. The standard InChI is InChI=1S/C33H46N2O3/c1-4-37-31-19-18-29(33(36)34-23-25(3)21-26-13-8-6-9-14-26)30(32(31)38-5-2)22-28-17-12-20-35(28)24-27-15-10-7-11-16-27/h6,8-9,13-14,18-19,21,27-28H,4-5,7,10-12,15-17,20,22-24H2,1-3H3,(H,34,36)/t28-/m0/s1. The minimum atomic E-state index is -0.0540. The third-order valence-corrected chi connectivity index (χ3v) is 7.95. The van der Waals surface area contributed by atoms with Crippen molar-refractivity contribution in [3.8, 4) is 11.5 Å². The summed E-state index contributed by atoms with van der Waals surface area (Å²) in [5.74, 6) is 2.23. The van der Waals surface area contributed by atoms with Crippen LogP contribution in [0.5, 0.6) is 11.5 Å². The number of hydrogen-bond donors (Lipinski definition) is 1. The van der Waals surface area contributed by atoms with Crippen LogP contribution in [0.1, 0.15) is 87.2 Å². The van der Waals surface area contributed by atoms with Gasteiger partial charge in [0.05, 0.1) is 13.2 Å². The van der Waals surface area contributed by atoms with E-state index in [9.17, 15) is 4.79 Å². The Hall–Kier alpha value is -2.79. The summed E-state index contributed by atoms with van der Waals surface area (Å²) in [4.78, 5) is 16.3. The number of nitrogens with one attached hydrogen (secondary N) is 1. The highest BCUT2D eigenvalue weighted by Gasteiger charge is 2.31. The molecule has 2 fully saturated rings. The number of carbonyl (C=O) groups excluding carboxylic acids is 1. The highest BCUT2D eigenvalue weighted by atomic mass is 16.5. The van der Waals surface area contributed by atoms with Crippen LogP contribution in [0.3, 0.4) is 0 Å². The van der Waals surface area contributed by atoms with Crippen molar-refractivity contribution in [3.05, 3.63) is 64.7 Å². The molecule has 0 spiro atoms. The molecule has 4 rings (SSSR count). The van der Waals surface area contributed by atoms with Gasteiger partial charge in [-0.1, -0.05) is 61.2 Å². The average molecular weight is 519 g/mol. The number of rotatable bonds is 12. The molecule has 1 aliphatic carbocycles. The fourth-order valence-electron chi connectivity index (χ4n) is 6.10. The van der Waals surface area contributed by atoms with Crippen LogP contribution in [0.25, 0.3) is 6.08 Å². The number of benzene rings is 2. The number of carbonyl (C=O) groups is 1. The zero-order valence-corrected chi connectivity index (χ0v) is 23.6. The first kappa shape index (κ1) is 28.2. The minimum absolute atomic E-state index is 0.0540. The van der Waals surface area contributed by atoms with Crippen LogP contribution in [-0.2, 0) is 6.42 Å². The molecular weight excluding hydrogens is 472 g/mol. The Morgan fingerprint density at radius 3 is 2.47 bits per heavy atom. The minimum Gasteiger partial charge on any atom is -0.490 e. The summed E-state index contributed by atoms with van der Waals surface area (Å²) in [7, 11) is 0. The lowest BCUT2D eigenvalue weighted by Crippen LogP contribution is -2.36. The lowest BCUT2D eigenvalue weighted by Gasteiger charge is -2.31. The molecule has 1 heterocycles. The molecule has 0 radical (unpaired) electrons. The molecule has 5 nitrogen and oxygen atoms in total. The average Bonchev–Trinajstić information content (AvgIpc) is 3.36. The second-order valence-electron chi connectivity index (χ2n) is 10.9. The van der Waals surface area contributed by atoms with Crippen LogP contribution in [0.15, 0.2) is 48.0 Å². The lowest BCUT2D eigenvalue weighted by molar-refractivity contribution is 0.0954. The van der Waals surface area contributed by atoms with Gasteiger partial charge in [-0.05, 0) is 83.0 Å². The molecule has 0 aromatic heterocycles. The monoisotopic (exact) mass is 518 g/mol. The van der Waals surface area contributed by atoms with Gasteiger partial charge in [0.1, 0.15) is 0 Å². The largest absolute Gasteiger partial charge is 0.490 e. The van der Waals surface area contributed by atoms with E-state index in [1.54, 1.807) is 0 Å². The summed E-state index contributed by atoms with van der Waals surface area (Å²) in [5.41, 5.74) is 3.94. The van der Waals surface area contributed by atoms with Crippen molar-refractivity contribution >= 4 is 12.0 Å². The molecular formula is C33H46N2O3. The highest BCUT2D eigenvalue weighted by Crippen LogP contribution is 2.37. The Labute approximate surface area is 229 Å². The topological polar surface area (TPSA) is 50.8 Å². The molecule has 1 N–H and O–H groups in total. The van der Waals surface area contributed by atoms with Crippen molar-refractivity contribution in [1.29, 1.82) is 0 Å². The molecule has 1 atom stereocenters. The smallest absolute Gasteiger partial charge is 0.251 e. The Kier molecular flexibility index (Phi) is 10.7. The second-order valence-corrected chi connectivity index (χ2v) is 10.9. The van der Waals surface area contributed by atoms with E-state index in [1.807, 2.05) is 44.2 Å². The molecule has 0 bridgehead atoms. The Morgan fingerprint density at radius 2 is 1.74 bits per heavy atom. The van der Waals surface area contributed by atoms with E-state index in [1.165, 1.54) is 45.1 Å². The van der Waals surface area contributed by atoms with Gasteiger partial charge in [-0.3, -0.25) is 9.69 Å². The predicted molar refractivity (Wildman–Crippen MR) is 156 cm³/mol. The Bertz CT molecular complexity index is 1060. The van der Waals surface area contributed by atoms with Gasteiger partial charge in [-0.25, -0.2) is 0 Å². The van der Waals surface area contributed by atoms with Gasteiger partial charge in [0.15, 0.2) is 11.5 Å². The first-order chi connectivity index (χ1) is 18.6. The van der Waals surface area contributed by atoms with Gasteiger partial charge >= 0.3 is 0 Å². The van der Waals surface area contributed by atoms with Crippen LogP contribution in [0.4, 0.5) is 0 Å². The molecule has 2 aromatic rings. The van der Waals surface area contributed by atoms with E-state index < -0.39 is 0 Å². The molecule has 5 heteroatoms. The zero-order chi connectivity index (χ0) is 26.7. The molecule has 1 saturated heterocycles. The Morgan fingerprint density at radius 1 is 0.974 bits per heavy atom. The SMILES string of the molecule is CCOc1ccc(C(=O)NCC(C)=Cc2ccccc2)c(C[C@@H]2CCCN2CC2CCCCC2)c1OCC. The van der Waals surface area contributed by atoms with Crippen molar-refractivity contribution in [2.24, 2.45) is 5.92 Å². The molecule has 0 unspecified atom stereocenters. The van der Waals surface area contributed by atoms with E-state index in [4.69, 9.17) is 9.47 Å². The van der Waals surface area contributed by atoms with Crippen molar-refractivity contribution in [2.75, 3.05) is 32.8 Å². The third-order valence-electron chi connectivity index (χ3n) is 7.95. The van der Waals surface area contributed by atoms with E-state index in [2.05, 4.69) is 35.3 Å². The second kappa shape index (κ2) is 14.4. The lowest BCUT2D eigenvalue weighted by atomic mass is 9.88. The Balaban J connectivity index is 1.55. The summed E-state index contributed by atoms with van der Waals surface area (Å²) >= 11 is 0. The van der Waals surface area contributed by atoms with Crippen LogP contribution in [0, 0.1) is 5.92 Å². The number of nitrogens with zero attached hydrogens (tertiary/aromatic N) is 1. The molecule has 1 amide bonds. The summed E-state index contributed by atoms with van der Waals surface area (Å²) in [6.07, 6.45) is 12.2. The van der Waals surface area contributed by atoms with Crippen molar-refractivity contribution < 1.29 is 14.3 Å². The van der Waals surface area contributed by atoms with Crippen LogP contribution in [-0.4, -0.2) is 49.7 Å². The summed E-state index contributed by atoms with van der Waals surface area (Å²) in [5, 5.41) is 3.16. The fraction of sp³-hybridized carbons (Fsp3) is 0.545. The predicted octanol–water partition coefficient (Wildman–Crippen LogP) is 6.90. The fourth-order valence-corrected chi connectivity index (χ4v) is 6.10. The summed E-state index contributed by atoms with van der Waals surface area (Å²) < 4.78 is 12.1. The molecule has 2 aliphatic rings. The zero-order valence-electron chi connectivity index (χ0n) is 23.6. The van der Waals surface area contributed by atoms with Crippen LogP contribution < -0.4 is 14.8 Å². The quantitative estimate of drug-likeness (QED) is 0.332. The number of amides is 1. The maximum Gasteiger partial charge on any atom is 0.251 e. The van der Waals surface area contributed by atoms with Gasteiger partial charge in [-0.15, -0.1) is 0 Å². The van der Waals surface area contributed by atoms with E-state index in [-0.39, 0.29) is 5.91 Å². The van der Waals surface area contributed by atoms with E-state index in [0.29, 0.717) is 31.4 Å². The van der Waals surface area contributed by atoms with Gasteiger partial charge in [-0.2, -0.15) is 0 Å². The molecule has 1 aliphatic heterocycles. The molecule has 206 valence electrons. The molecule has 38 heavy (non-hydrogen) atoms. The molecule has 1 saturated carbocycles.